The summed E-state index contributed by atoms with van der Waals surface area (Å²) in [7, 11) is 0. The van der Waals surface area contributed by atoms with Gasteiger partial charge < -0.3 is 4.74 Å². The van der Waals surface area contributed by atoms with Crippen molar-refractivity contribution >= 4 is 11.3 Å². The van der Waals surface area contributed by atoms with E-state index in [1.807, 2.05) is 13.0 Å². The molecule has 1 fully saturated rings. The first kappa shape index (κ1) is 13.8. The molecule has 4 heteroatoms. The van der Waals surface area contributed by atoms with E-state index in [1.54, 1.807) is 11.3 Å². The topological polar surface area (TPSA) is 45.9 Å². The van der Waals surface area contributed by atoms with E-state index < -0.39 is 0 Å². The fraction of sp³-hybridized carbons (Fsp3) is 0.444. The zero-order chi connectivity index (χ0) is 15.3. The predicted molar refractivity (Wildman–Crippen MR) is 87.3 cm³/mol. The maximum atomic E-state index is 9.52. The number of hydrogen-bond acceptors (Lipinski definition) is 4. The summed E-state index contributed by atoms with van der Waals surface area (Å²) in [5, 5.41) is 10.5. The van der Waals surface area contributed by atoms with E-state index in [1.165, 1.54) is 23.3 Å². The van der Waals surface area contributed by atoms with Crippen molar-refractivity contribution in [3.8, 4) is 22.4 Å². The van der Waals surface area contributed by atoms with Crippen LogP contribution in [0.1, 0.15) is 47.4 Å². The van der Waals surface area contributed by atoms with Gasteiger partial charge in [-0.1, -0.05) is 0 Å². The van der Waals surface area contributed by atoms with Gasteiger partial charge in [-0.2, -0.15) is 5.26 Å². The van der Waals surface area contributed by atoms with Crippen molar-refractivity contribution in [2.75, 3.05) is 0 Å². The van der Waals surface area contributed by atoms with Crippen molar-refractivity contribution in [1.82, 2.24) is 4.98 Å². The molecule has 2 aliphatic rings. The molecule has 1 aromatic heterocycles. The SMILES string of the molecule is Cc1nc(-c2cc(C#N)c3c(c2)CC2(CCCC2)O3)sc1C. The molecular weight excluding hydrogens is 292 g/mol. The highest BCUT2D eigenvalue weighted by Crippen LogP contribution is 2.47. The highest BCUT2D eigenvalue weighted by molar-refractivity contribution is 7.15. The molecule has 0 N–H and O–H groups in total. The zero-order valence-electron chi connectivity index (χ0n) is 12.9. The summed E-state index contributed by atoms with van der Waals surface area (Å²) in [6.45, 7) is 4.12. The normalized spacial score (nSPS) is 18.2. The highest BCUT2D eigenvalue weighted by Gasteiger charge is 2.42. The number of nitrogens with zero attached hydrogens (tertiary/aromatic N) is 2. The Balaban J connectivity index is 1.80. The molecule has 4 rings (SSSR count). The van der Waals surface area contributed by atoms with E-state index in [0.717, 1.165) is 41.3 Å². The fourth-order valence-electron chi connectivity index (χ4n) is 3.64. The molecule has 0 saturated heterocycles. The average Bonchev–Trinajstić information content (AvgIpc) is 3.19. The summed E-state index contributed by atoms with van der Waals surface area (Å²) in [5.41, 5.74) is 3.92. The van der Waals surface area contributed by atoms with Crippen molar-refractivity contribution in [3.63, 3.8) is 0 Å². The van der Waals surface area contributed by atoms with Gasteiger partial charge >= 0.3 is 0 Å². The highest BCUT2D eigenvalue weighted by atomic mass is 32.1. The van der Waals surface area contributed by atoms with Crippen molar-refractivity contribution in [2.45, 2.75) is 51.6 Å². The molecular formula is C18H18N2OS. The van der Waals surface area contributed by atoms with E-state index in [9.17, 15) is 5.26 Å². The van der Waals surface area contributed by atoms with Crippen LogP contribution in [0.25, 0.3) is 10.6 Å². The lowest BCUT2D eigenvalue weighted by atomic mass is 9.94. The van der Waals surface area contributed by atoms with Crippen LogP contribution in [0, 0.1) is 25.2 Å². The van der Waals surface area contributed by atoms with Gasteiger partial charge in [0.25, 0.3) is 0 Å². The van der Waals surface area contributed by atoms with Gasteiger partial charge in [-0.3, -0.25) is 0 Å². The summed E-state index contributed by atoms with van der Waals surface area (Å²) in [6, 6.07) is 6.43. The molecule has 0 amide bonds. The Kier molecular flexibility index (Phi) is 3.02. The van der Waals surface area contributed by atoms with E-state index in [2.05, 4.69) is 24.0 Å². The second kappa shape index (κ2) is 4.82. The number of nitriles is 1. The van der Waals surface area contributed by atoms with Crippen LogP contribution in [0.4, 0.5) is 0 Å². The monoisotopic (exact) mass is 310 g/mol. The molecule has 2 aromatic rings. The summed E-state index contributed by atoms with van der Waals surface area (Å²) in [5.74, 6) is 0.818. The lowest BCUT2D eigenvalue weighted by molar-refractivity contribution is 0.103. The Morgan fingerprint density at radius 3 is 2.68 bits per heavy atom. The third-order valence-corrected chi connectivity index (χ3v) is 6.03. The Morgan fingerprint density at radius 2 is 2.05 bits per heavy atom. The third-order valence-electron chi connectivity index (χ3n) is 4.91. The quantitative estimate of drug-likeness (QED) is 0.776. The zero-order valence-corrected chi connectivity index (χ0v) is 13.7. The molecule has 1 aliphatic carbocycles. The second-order valence-corrected chi connectivity index (χ2v) is 7.66. The van der Waals surface area contributed by atoms with Gasteiger partial charge in [0.05, 0.1) is 11.3 Å². The molecule has 3 nitrogen and oxygen atoms in total. The minimum atomic E-state index is -0.0404. The molecule has 1 aromatic carbocycles. The number of fused-ring (bicyclic) bond motifs is 1. The second-order valence-electron chi connectivity index (χ2n) is 6.45. The maximum Gasteiger partial charge on any atom is 0.141 e. The Labute approximate surface area is 134 Å². The number of benzene rings is 1. The lowest BCUT2D eigenvalue weighted by Crippen LogP contribution is -2.30. The third kappa shape index (κ3) is 2.04. The van der Waals surface area contributed by atoms with Crippen LogP contribution in [0.2, 0.25) is 0 Å². The summed E-state index contributed by atoms with van der Waals surface area (Å²) >= 11 is 1.69. The van der Waals surface area contributed by atoms with Gasteiger partial charge in [-0.25, -0.2) is 4.98 Å². The number of aromatic nitrogens is 1. The molecule has 0 atom stereocenters. The molecule has 112 valence electrons. The van der Waals surface area contributed by atoms with Gasteiger partial charge in [-0.05, 0) is 51.7 Å². The standard InChI is InChI=1S/C18H18N2OS/c1-11-12(2)22-17(20-11)13-7-14-9-18(5-3-4-6-18)21-16(14)15(8-13)10-19/h7-8H,3-6,9H2,1-2H3. The molecule has 0 bridgehead atoms. The first-order chi connectivity index (χ1) is 10.6. The lowest BCUT2D eigenvalue weighted by Gasteiger charge is -2.22. The van der Waals surface area contributed by atoms with E-state index >= 15 is 0 Å². The van der Waals surface area contributed by atoms with Crippen LogP contribution in [-0.4, -0.2) is 10.6 Å². The predicted octanol–water partition coefficient (Wildman–Crippen LogP) is 4.55. The Morgan fingerprint density at radius 1 is 1.27 bits per heavy atom. The average molecular weight is 310 g/mol. The van der Waals surface area contributed by atoms with Crippen molar-refractivity contribution in [2.24, 2.45) is 0 Å². The molecule has 2 heterocycles. The van der Waals surface area contributed by atoms with Crippen LogP contribution in [-0.2, 0) is 6.42 Å². The summed E-state index contributed by atoms with van der Waals surface area (Å²) in [4.78, 5) is 5.87. The minimum Gasteiger partial charge on any atom is -0.485 e. The fourth-order valence-corrected chi connectivity index (χ4v) is 4.54. The molecule has 22 heavy (non-hydrogen) atoms. The van der Waals surface area contributed by atoms with E-state index in [4.69, 9.17) is 4.74 Å². The molecule has 0 radical (unpaired) electrons. The molecule has 0 unspecified atom stereocenters. The van der Waals surface area contributed by atoms with E-state index in [0.29, 0.717) is 5.56 Å². The smallest absolute Gasteiger partial charge is 0.141 e. The Hall–Kier alpha value is -1.86. The number of rotatable bonds is 1. The van der Waals surface area contributed by atoms with Gasteiger partial charge in [0.2, 0.25) is 0 Å². The van der Waals surface area contributed by atoms with Crippen LogP contribution in [0.3, 0.4) is 0 Å². The van der Waals surface area contributed by atoms with Crippen molar-refractivity contribution < 1.29 is 4.74 Å². The van der Waals surface area contributed by atoms with Crippen molar-refractivity contribution in [1.29, 1.82) is 5.26 Å². The van der Waals surface area contributed by atoms with Gasteiger partial charge in [0.1, 0.15) is 22.4 Å². The summed E-state index contributed by atoms with van der Waals surface area (Å²) < 4.78 is 6.26. The van der Waals surface area contributed by atoms with Crippen LogP contribution < -0.4 is 4.74 Å². The molecule has 1 spiro atoms. The molecule has 1 saturated carbocycles. The van der Waals surface area contributed by atoms with E-state index in [-0.39, 0.29) is 5.60 Å². The van der Waals surface area contributed by atoms with Crippen molar-refractivity contribution in [3.05, 3.63) is 33.8 Å². The minimum absolute atomic E-state index is 0.0404. The number of thiazole rings is 1. The number of aryl methyl sites for hydroxylation is 2. The van der Waals surface area contributed by atoms with Gasteiger partial charge in [0.15, 0.2) is 0 Å². The van der Waals surface area contributed by atoms with Crippen LogP contribution in [0.5, 0.6) is 5.75 Å². The first-order valence-electron chi connectivity index (χ1n) is 7.81. The van der Waals surface area contributed by atoms with Crippen LogP contribution >= 0.6 is 11.3 Å². The summed E-state index contributed by atoms with van der Waals surface area (Å²) in [6.07, 6.45) is 5.62. The largest absolute Gasteiger partial charge is 0.485 e. The number of ether oxygens (including phenoxy) is 1. The first-order valence-corrected chi connectivity index (χ1v) is 8.62. The van der Waals surface area contributed by atoms with Gasteiger partial charge in [-0.15, -0.1) is 11.3 Å². The Bertz CT molecular complexity index is 775. The van der Waals surface area contributed by atoms with Gasteiger partial charge in [0, 0.05) is 22.4 Å². The number of hydrogen-bond donors (Lipinski definition) is 0. The maximum absolute atomic E-state index is 9.52. The van der Waals surface area contributed by atoms with Crippen LogP contribution in [0.15, 0.2) is 12.1 Å². The molecule has 1 aliphatic heterocycles.